The molecule has 1 saturated heterocycles. The van der Waals surface area contributed by atoms with Crippen molar-refractivity contribution in [2.45, 2.75) is 26.3 Å². The number of aryl methyl sites for hydroxylation is 1. The molecular weight excluding hydrogens is 276 g/mol. The topological polar surface area (TPSA) is 58.4 Å². The number of carbonyl (C=O) groups is 1. The van der Waals surface area contributed by atoms with Crippen molar-refractivity contribution < 1.29 is 4.79 Å². The van der Waals surface area contributed by atoms with Crippen LogP contribution in [-0.2, 0) is 10.3 Å². The summed E-state index contributed by atoms with van der Waals surface area (Å²) >= 11 is 0. The zero-order valence-corrected chi connectivity index (χ0v) is 13.3. The lowest BCUT2D eigenvalue weighted by atomic mass is 9.98. The van der Waals surface area contributed by atoms with Gasteiger partial charge >= 0.3 is 0 Å². The Hall–Kier alpha value is -1.88. The van der Waals surface area contributed by atoms with Crippen molar-refractivity contribution >= 4 is 11.6 Å². The van der Waals surface area contributed by atoms with Crippen molar-refractivity contribution in [3.8, 4) is 0 Å². The first-order valence-electron chi connectivity index (χ1n) is 7.95. The van der Waals surface area contributed by atoms with Crippen LogP contribution in [0.3, 0.4) is 0 Å². The molecule has 0 bridgehead atoms. The van der Waals surface area contributed by atoms with E-state index in [0.29, 0.717) is 11.8 Å². The summed E-state index contributed by atoms with van der Waals surface area (Å²) in [4.78, 5) is 17.0. The lowest BCUT2D eigenvalue weighted by molar-refractivity contribution is -0.124. The highest BCUT2D eigenvalue weighted by molar-refractivity contribution is 5.83. The van der Waals surface area contributed by atoms with Crippen LogP contribution in [-0.4, -0.2) is 28.4 Å². The third-order valence-corrected chi connectivity index (χ3v) is 5.21. The summed E-state index contributed by atoms with van der Waals surface area (Å²) in [6.07, 6.45) is 3.77. The van der Waals surface area contributed by atoms with Gasteiger partial charge in [-0.05, 0) is 57.3 Å². The van der Waals surface area contributed by atoms with Gasteiger partial charge in [-0.15, -0.1) is 0 Å². The summed E-state index contributed by atoms with van der Waals surface area (Å²) in [5.74, 6) is 1.48. The first kappa shape index (κ1) is 13.8. The molecule has 22 heavy (non-hydrogen) atoms. The normalized spacial score (nSPS) is 27.0. The van der Waals surface area contributed by atoms with Crippen molar-refractivity contribution in [1.82, 2.24) is 20.0 Å². The number of fused-ring (bicyclic) bond motifs is 2. The molecule has 4 rings (SSSR count). The van der Waals surface area contributed by atoms with Gasteiger partial charge in [-0.3, -0.25) is 4.79 Å². The third-order valence-electron chi connectivity index (χ3n) is 5.21. The fourth-order valence-electron chi connectivity index (χ4n) is 3.92. The van der Waals surface area contributed by atoms with Gasteiger partial charge in [-0.25, -0.2) is 4.98 Å². The minimum atomic E-state index is -0.423. The van der Waals surface area contributed by atoms with Crippen molar-refractivity contribution in [1.29, 1.82) is 0 Å². The number of carbonyl (C=O) groups excluding carboxylic acids is 1. The number of nitrogens with one attached hydrogen (secondary N) is 2. The zero-order chi connectivity index (χ0) is 15.5. The Balaban J connectivity index is 1.61. The van der Waals surface area contributed by atoms with Crippen LogP contribution in [0.25, 0.3) is 5.65 Å². The largest absolute Gasteiger partial charge is 0.345 e. The predicted molar refractivity (Wildman–Crippen MR) is 84.4 cm³/mol. The third kappa shape index (κ3) is 1.96. The molecule has 1 amide bonds. The first-order valence-corrected chi connectivity index (χ1v) is 7.95. The van der Waals surface area contributed by atoms with Gasteiger partial charge in [0.1, 0.15) is 5.65 Å². The summed E-state index contributed by atoms with van der Waals surface area (Å²) in [6, 6.07) is 4.15. The Morgan fingerprint density at radius 2 is 2.09 bits per heavy atom. The molecular formula is C17H22N4O. The summed E-state index contributed by atoms with van der Waals surface area (Å²) < 4.78 is 2.07. The summed E-state index contributed by atoms with van der Waals surface area (Å²) in [7, 11) is 0. The molecule has 3 atom stereocenters. The molecule has 3 heterocycles. The van der Waals surface area contributed by atoms with Gasteiger partial charge in [0.15, 0.2) is 0 Å². The summed E-state index contributed by atoms with van der Waals surface area (Å²) in [6.45, 7) is 8.14. The van der Waals surface area contributed by atoms with E-state index in [1.165, 1.54) is 0 Å². The van der Waals surface area contributed by atoms with Crippen LogP contribution >= 0.6 is 0 Å². The summed E-state index contributed by atoms with van der Waals surface area (Å²) in [5.41, 5.74) is 2.72. The number of imidazole rings is 1. The van der Waals surface area contributed by atoms with E-state index in [2.05, 4.69) is 52.9 Å². The average molecular weight is 298 g/mol. The molecule has 2 aromatic rings. The van der Waals surface area contributed by atoms with Crippen LogP contribution in [0.5, 0.6) is 0 Å². The highest BCUT2D eigenvalue weighted by Crippen LogP contribution is 2.49. The maximum atomic E-state index is 12.6. The van der Waals surface area contributed by atoms with E-state index in [0.717, 1.165) is 30.0 Å². The molecule has 1 aliphatic carbocycles. The fraction of sp³-hybridized carbons (Fsp3) is 0.529. The molecule has 2 N–H and O–H groups in total. The van der Waals surface area contributed by atoms with Crippen molar-refractivity contribution in [2.75, 3.05) is 13.1 Å². The van der Waals surface area contributed by atoms with E-state index in [1.54, 1.807) is 6.20 Å². The Kier molecular flexibility index (Phi) is 2.85. The number of rotatable bonds is 3. The van der Waals surface area contributed by atoms with Gasteiger partial charge in [-0.1, -0.05) is 6.07 Å². The second-order valence-corrected chi connectivity index (χ2v) is 7.15. The standard InChI is InChI=1S/C17H22N4O/c1-10-4-5-13(21-7-6-19-15(10)21)17(2,3)20-16(22)14-11-8-18-9-12(11)14/h4-7,11-12,14,18H,8-9H2,1-3H3,(H,20,22)/t11-,12?,14?/m1/s1. The van der Waals surface area contributed by atoms with Crippen molar-refractivity contribution in [3.05, 3.63) is 35.8 Å². The Morgan fingerprint density at radius 1 is 1.36 bits per heavy atom. The number of aromatic nitrogens is 2. The molecule has 0 radical (unpaired) electrons. The lowest BCUT2D eigenvalue weighted by Gasteiger charge is -2.28. The Morgan fingerprint density at radius 3 is 2.82 bits per heavy atom. The molecule has 1 aliphatic heterocycles. The van der Waals surface area contributed by atoms with Crippen LogP contribution in [0.4, 0.5) is 0 Å². The molecule has 2 fully saturated rings. The highest BCUT2D eigenvalue weighted by atomic mass is 16.2. The van der Waals surface area contributed by atoms with Gasteiger partial charge in [0.05, 0.1) is 5.54 Å². The van der Waals surface area contributed by atoms with E-state index in [9.17, 15) is 4.79 Å². The molecule has 1 saturated carbocycles. The van der Waals surface area contributed by atoms with Crippen LogP contribution in [0, 0.1) is 24.7 Å². The van der Waals surface area contributed by atoms with E-state index in [4.69, 9.17) is 0 Å². The smallest absolute Gasteiger partial charge is 0.224 e. The fourth-order valence-corrected chi connectivity index (χ4v) is 3.92. The molecule has 2 aromatic heterocycles. The van der Waals surface area contributed by atoms with E-state index in [-0.39, 0.29) is 11.8 Å². The molecule has 0 spiro atoms. The van der Waals surface area contributed by atoms with Crippen LogP contribution in [0.15, 0.2) is 24.5 Å². The maximum absolute atomic E-state index is 12.6. The monoisotopic (exact) mass is 298 g/mol. The van der Waals surface area contributed by atoms with Gasteiger partial charge in [0.25, 0.3) is 0 Å². The number of hydrogen-bond donors (Lipinski definition) is 2. The molecule has 2 unspecified atom stereocenters. The molecule has 2 aliphatic rings. The van der Waals surface area contributed by atoms with Gasteiger partial charge in [-0.2, -0.15) is 0 Å². The van der Waals surface area contributed by atoms with E-state index in [1.807, 2.05) is 6.20 Å². The zero-order valence-electron chi connectivity index (χ0n) is 13.3. The van der Waals surface area contributed by atoms with Gasteiger partial charge in [0.2, 0.25) is 5.91 Å². The van der Waals surface area contributed by atoms with Crippen LogP contribution < -0.4 is 10.6 Å². The van der Waals surface area contributed by atoms with Crippen molar-refractivity contribution in [2.24, 2.45) is 17.8 Å². The maximum Gasteiger partial charge on any atom is 0.224 e. The minimum Gasteiger partial charge on any atom is -0.345 e. The number of piperidine rings is 1. The number of pyridine rings is 1. The molecule has 5 nitrogen and oxygen atoms in total. The number of amides is 1. The second-order valence-electron chi connectivity index (χ2n) is 7.15. The van der Waals surface area contributed by atoms with Crippen LogP contribution in [0.1, 0.15) is 25.1 Å². The van der Waals surface area contributed by atoms with Crippen LogP contribution in [0.2, 0.25) is 0 Å². The quantitative estimate of drug-likeness (QED) is 0.902. The SMILES string of the molecule is Cc1ccc(C(C)(C)NC(=O)C2C3CNC[C@H]32)n2ccnc12. The molecule has 5 heteroatoms. The minimum absolute atomic E-state index is 0.190. The Bertz CT molecular complexity index is 738. The Labute approximate surface area is 130 Å². The van der Waals surface area contributed by atoms with Gasteiger partial charge < -0.3 is 15.0 Å². The number of hydrogen-bond acceptors (Lipinski definition) is 3. The van der Waals surface area contributed by atoms with Crippen molar-refractivity contribution in [3.63, 3.8) is 0 Å². The first-order chi connectivity index (χ1) is 10.5. The lowest BCUT2D eigenvalue weighted by Crippen LogP contribution is -2.44. The number of nitrogens with zero attached hydrogens (tertiary/aromatic N) is 2. The average Bonchev–Trinajstić information content (AvgIpc) is 2.85. The molecule has 0 aromatic carbocycles. The highest BCUT2D eigenvalue weighted by Gasteiger charge is 2.57. The van der Waals surface area contributed by atoms with Gasteiger partial charge in [0, 0.05) is 24.0 Å². The van der Waals surface area contributed by atoms with E-state index >= 15 is 0 Å². The molecule has 116 valence electrons. The summed E-state index contributed by atoms with van der Waals surface area (Å²) in [5, 5.41) is 6.58. The van der Waals surface area contributed by atoms with E-state index < -0.39 is 5.54 Å². The predicted octanol–water partition coefficient (Wildman–Crippen LogP) is 1.46. The second kappa shape index (κ2) is 4.56.